The van der Waals surface area contributed by atoms with E-state index in [4.69, 9.17) is 9.94 Å². The van der Waals surface area contributed by atoms with E-state index in [0.29, 0.717) is 32.0 Å². The lowest BCUT2D eigenvalue weighted by atomic mass is 10.1. The zero-order valence-electron chi connectivity index (χ0n) is 14.6. The topological polar surface area (TPSA) is 82.1 Å². The van der Waals surface area contributed by atoms with Crippen LogP contribution in [0.4, 0.5) is 14.9 Å². The number of hydrogen-bond acceptors (Lipinski definition) is 4. The van der Waals surface area contributed by atoms with Crippen LogP contribution < -0.4 is 10.4 Å². The molecule has 0 radical (unpaired) electrons. The van der Waals surface area contributed by atoms with Gasteiger partial charge < -0.3 is 9.64 Å². The summed E-state index contributed by atoms with van der Waals surface area (Å²) in [6, 6.07) is 12.1. The highest BCUT2D eigenvalue weighted by Crippen LogP contribution is 2.21. The SMILES string of the molecule is O=C(NO)c1ccc(CN(C(=O)N2CCOCC2)c2cccc(F)c2)cc1. The predicted molar refractivity (Wildman–Crippen MR) is 96.1 cm³/mol. The molecule has 27 heavy (non-hydrogen) atoms. The highest BCUT2D eigenvalue weighted by Gasteiger charge is 2.24. The highest BCUT2D eigenvalue weighted by atomic mass is 19.1. The van der Waals surface area contributed by atoms with Gasteiger partial charge in [0.25, 0.3) is 5.91 Å². The number of nitrogens with one attached hydrogen (secondary N) is 1. The fraction of sp³-hybridized carbons (Fsp3) is 0.263. The van der Waals surface area contributed by atoms with Crippen LogP contribution in [0.2, 0.25) is 0 Å². The summed E-state index contributed by atoms with van der Waals surface area (Å²) < 4.78 is 19.0. The molecule has 0 aliphatic carbocycles. The molecule has 1 fully saturated rings. The van der Waals surface area contributed by atoms with Crippen molar-refractivity contribution in [1.82, 2.24) is 10.4 Å². The van der Waals surface area contributed by atoms with Crippen LogP contribution in [0, 0.1) is 5.82 Å². The van der Waals surface area contributed by atoms with Gasteiger partial charge in [0.2, 0.25) is 0 Å². The van der Waals surface area contributed by atoms with E-state index in [-0.39, 0.29) is 18.1 Å². The van der Waals surface area contributed by atoms with E-state index in [0.717, 1.165) is 5.56 Å². The van der Waals surface area contributed by atoms with Crippen molar-refractivity contribution in [1.29, 1.82) is 0 Å². The summed E-state index contributed by atoms with van der Waals surface area (Å²) in [6.07, 6.45) is 0. The predicted octanol–water partition coefficient (Wildman–Crippen LogP) is 2.40. The Morgan fingerprint density at radius 1 is 1.15 bits per heavy atom. The van der Waals surface area contributed by atoms with Crippen LogP contribution in [0.15, 0.2) is 48.5 Å². The van der Waals surface area contributed by atoms with E-state index >= 15 is 0 Å². The summed E-state index contributed by atoms with van der Waals surface area (Å²) in [5, 5.41) is 8.69. The van der Waals surface area contributed by atoms with Crippen LogP contribution >= 0.6 is 0 Å². The van der Waals surface area contributed by atoms with Crippen LogP contribution in [0.1, 0.15) is 15.9 Å². The molecule has 0 unspecified atom stereocenters. The standard InChI is InChI=1S/C19H20FN3O4/c20-16-2-1-3-17(12-16)23(19(25)22-8-10-27-11-9-22)13-14-4-6-15(7-5-14)18(24)21-26/h1-7,12,26H,8-11,13H2,(H,21,24). The van der Waals surface area contributed by atoms with E-state index in [9.17, 15) is 14.0 Å². The molecule has 1 aliphatic rings. The number of halogens is 1. The Balaban J connectivity index is 1.85. The minimum absolute atomic E-state index is 0.209. The van der Waals surface area contributed by atoms with Crippen molar-refractivity contribution in [3.05, 3.63) is 65.5 Å². The van der Waals surface area contributed by atoms with E-state index in [1.54, 1.807) is 46.8 Å². The number of benzene rings is 2. The van der Waals surface area contributed by atoms with Gasteiger partial charge in [-0.05, 0) is 35.9 Å². The van der Waals surface area contributed by atoms with Crippen molar-refractivity contribution in [2.45, 2.75) is 6.54 Å². The molecule has 1 aliphatic heterocycles. The zero-order valence-corrected chi connectivity index (χ0v) is 14.6. The first kappa shape index (κ1) is 18.8. The maximum absolute atomic E-state index is 13.7. The molecular weight excluding hydrogens is 353 g/mol. The van der Waals surface area contributed by atoms with Gasteiger partial charge in [0.05, 0.1) is 19.8 Å². The molecule has 1 saturated heterocycles. The van der Waals surface area contributed by atoms with Gasteiger partial charge in [0, 0.05) is 24.3 Å². The summed E-state index contributed by atoms with van der Waals surface area (Å²) in [7, 11) is 0. The molecule has 2 N–H and O–H groups in total. The number of carbonyl (C=O) groups excluding carboxylic acids is 2. The van der Waals surface area contributed by atoms with E-state index in [1.807, 2.05) is 0 Å². The number of amides is 3. The zero-order chi connectivity index (χ0) is 19.2. The molecule has 0 atom stereocenters. The Morgan fingerprint density at radius 2 is 1.85 bits per heavy atom. The minimum Gasteiger partial charge on any atom is -0.378 e. The molecular formula is C19H20FN3O4. The first-order chi connectivity index (χ1) is 13.1. The van der Waals surface area contributed by atoms with Gasteiger partial charge in [0.15, 0.2) is 0 Å². The molecule has 2 aromatic carbocycles. The highest BCUT2D eigenvalue weighted by molar-refractivity contribution is 5.94. The van der Waals surface area contributed by atoms with E-state index in [2.05, 4.69) is 0 Å². The van der Waals surface area contributed by atoms with Crippen molar-refractivity contribution >= 4 is 17.6 Å². The number of anilines is 1. The van der Waals surface area contributed by atoms with Crippen LogP contribution in [0.25, 0.3) is 0 Å². The fourth-order valence-corrected chi connectivity index (χ4v) is 2.85. The lowest BCUT2D eigenvalue weighted by Gasteiger charge is -2.33. The monoisotopic (exact) mass is 373 g/mol. The molecule has 8 heteroatoms. The maximum atomic E-state index is 13.7. The third-order valence-electron chi connectivity index (χ3n) is 4.29. The molecule has 2 aromatic rings. The Kier molecular flexibility index (Phi) is 6.00. The molecule has 3 rings (SSSR count). The summed E-state index contributed by atoms with van der Waals surface area (Å²) in [6.45, 7) is 2.09. The number of ether oxygens (including phenoxy) is 1. The van der Waals surface area contributed by atoms with Gasteiger partial charge in [0.1, 0.15) is 5.82 Å². The van der Waals surface area contributed by atoms with Gasteiger partial charge in [-0.1, -0.05) is 18.2 Å². The number of hydroxylamine groups is 1. The van der Waals surface area contributed by atoms with Crippen molar-refractivity contribution < 1.29 is 23.9 Å². The van der Waals surface area contributed by atoms with Crippen LogP contribution in [-0.2, 0) is 11.3 Å². The van der Waals surface area contributed by atoms with Gasteiger partial charge in [-0.25, -0.2) is 14.7 Å². The smallest absolute Gasteiger partial charge is 0.324 e. The number of urea groups is 1. The summed E-state index contributed by atoms with van der Waals surface area (Å²) >= 11 is 0. The van der Waals surface area contributed by atoms with Crippen LogP contribution in [-0.4, -0.2) is 48.3 Å². The molecule has 7 nitrogen and oxygen atoms in total. The number of hydrogen-bond donors (Lipinski definition) is 2. The second kappa shape index (κ2) is 8.61. The Labute approximate surface area is 155 Å². The number of carbonyl (C=O) groups is 2. The van der Waals surface area contributed by atoms with Crippen LogP contribution in [0.5, 0.6) is 0 Å². The molecule has 1 heterocycles. The maximum Gasteiger partial charge on any atom is 0.324 e. The minimum atomic E-state index is -0.618. The largest absolute Gasteiger partial charge is 0.378 e. The van der Waals surface area contributed by atoms with Crippen molar-refractivity contribution in [2.24, 2.45) is 0 Å². The summed E-state index contributed by atoms with van der Waals surface area (Å²) in [5.74, 6) is -1.05. The average molecular weight is 373 g/mol. The molecule has 0 saturated carbocycles. The molecule has 0 aromatic heterocycles. The molecule has 142 valence electrons. The van der Waals surface area contributed by atoms with E-state index in [1.165, 1.54) is 17.0 Å². The third kappa shape index (κ3) is 4.60. The second-order valence-electron chi connectivity index (χ2n) is 6.09. The molecule has 0 bridgehead atoms. The van der Waals surface area contributed by atoms with Gasteiger partial charge >= 0.3 is 6.03 Å². The molecule has 0 spiro atoms. The summed E-state index contributed by atoms with van der Waals surface area (Å²) in [5.41, 5.74) is 3.07. The Hall–Kier alpha value is -2.97. The van der Waals surface area contributed by atoms with Crippen LogP contribution in [0.3, 0.4) is 0 Å². The van der Waals surface area contributed by atoms with Crippen molar-refractivity contribution in [3.63, 3.8) is 0 Å². The third-order valence-corrected chi connectivity index (χ3v) is 4.29. The van der Waals surface area contributed by atoms with E-state index < -0.39 is 11.7 Å². The number of morpholine rings is 1. The van der Waals surface area contributed by atoms with Crippen molar-refractivity contribution in [3.8, 4) is 0 Å². The van der Waals surface area contributed by atoms with Gasteiger partial charge in [-0.2, -0.15) is 0 Å². The van der Waals surface area contributed by atoms with Crippen molar-refractivity contribution in [2.75, 3.05) is 31.2 Å². The molecule has 3 amide bonds. The average Bonchev–Trinajstić information content (AvgIpc) is 2.72. The normalized spacial score (nSPS) is 13.9. The summed E-state index contributed by atoms with van der Waals surface area (Å²) in [4.78, 5) is 27.6. The van der Waals surface area contributed by atoms with Gasteiger partial charge in [-0.15, -0.1) is 0 Å². The quantitative estimate of drug-likeness (QED) is 0.637. The number of nitrogens with zero attached hydrogens (tertiary/aromatic N) is 2. The second-order valence-corrected chi connectivity index (χ2v) is 6.09. The number of rotatable bonds is 4. The Morgan fingerprint density at radius 3 is 2.48 bits per heavy atom. The first-order valence-corrected chi connectivity index (χ1v) is 8.51. The first-order valence-electron chi connectivity index (χ1n) is 8.51. The lowest BCUT2D eigenvalue weighted by Crippen LogP contribution is -2.48. The fourth-order valence-electron chi connectivity index (χ4n) is 2.85. The van der Waals surface area contributed by atoms with Gasteiger partial charge in [-0.3, -0.25) is 14.9 Å². The lowest BCUT2D eigenvalue weighted by molar-refractivity contribution is 0.0548. The Bertz CT molecular complexity index is 807.